The average Bonchev–Trinajstić information content (AvgIpc) is 2.73. The summed E-state index contributed by atoms with van der Waals surface area (Å²) in [5, 5.41) is 0.442. The number of hydrogen-bond donors (Lipinski definition) is 0. The summed E-state index contributed by atoms with van der Waals surface area (Å²) < 4.78 is 201. The first kappa shape index (κ1) is 34.4. The Hall–Kier alpha value is -1.62. The van der Waals surface area contributed by atoms with Gasteiger partial charge in [0.05, 0.1) is 0 Å². The van der Waals surface area contributed by atoms with Crippen molar-refractivity contribution in [3.63, 3.8) is 0 Å². The van der Waals surface area contributed by atoms with E-state index in [9.17, 15) is 70.7 Å². The Morgan fingerprint density at radius 2 is 0.889 bits per heavy atom. The monoisotopic (exact) mass is 568 g/mol. The van der Waals surface area contributed by atoms with Crippen molar-refractivity contribution in [2.75, 3.05) is 19.6 Å². The van der Waals surface area contributed by atoms with E-state index in [4.69, 9.17) is 0 Å². The van der Waals surface area contributed by atoms with Crippen LogP contribution in [-0.4, -0.2) is 77.3 Å². The Kier molecular flexibility index (Phi) is 10.5. The van der Waals surface area contributed by atoms with E-state index in [1.165, 1.54) is 0 Å². The fraction of sp³-hybridized carbons (Fsp3) is 0.944. The van der Waals surface area contributed by atoms with Crippen LogP contribution in [0.1, 0.15) is 46.5 Å². The predicted octanol–water partition coefficient (Wildman–Crippen LogP) is 7.03. The smallest absolute Gasteiger partial charge is 0.270 e. The van der Waals surface area contributed by atoms with Gasteiger partial charge in [-0.1, -0.05) is 26.7 Å². The van der Waals surface area contributed by atoms with Crippen LogP contribution in [0.3, 0.4) is 0 Å². The highest BCUT2D eigenvalue weighted by atomic mass is 19.4. The van der Waals surface area contributed by atoms with Crippen LogP contribution in [0.5, 0.6) is 0 Å². The molecule has 0 N–H and O–H groups in total. The third-order valence-corrected chi connectivity index (χ3v) is 5.01. The van der Waals surface area contributed by atoms with Gasteiger partial charge in [-0.15, -0.1) is 0 Å². The second kappa shape index (κ2) is 11.0. The van der Waals surface area contributed by atoms with Crippen LogP contribution in [0.25, 0.3) is 0 Å². The van der Waals surface area contributed by atoms with Crippen molar-refractivity contribution >= 4 is 5.91 Å². The second-order valence-electron chi connectivity index (χ2n) is 7.63. The summed E-state index contributed by atoms with van der Waals surface area (Å²) in [6.07, 6.45) is -6.74. The lowest BCUT2D eigenvalue weighted by atomic mass is 9.90. The summed E-state index contributed by atoms with van der Waals surface area (Å²) in [6.45, 7) is 2.46. The lowest BCUT2D eigenvalue weighted by molar-refractivity contribution is -0.450. The van der Waals surface area contributed by atoms with Crippen molar-refractivity contribution < 1.29 is 70.7 Å². The van der Waals surface area contributed by atoms with Crippen molar-refractivity contribution in [3.05, 3.63) is 0 Å². The highest BCUT2D eigenvalue weighted by Crippen LogP contribution is 2.62. The van der Waals surface area contributed by atoms with Gasteiger partial charge in [0.1, 0.15) is 0 Å². The number of carbonyl (C=O) groups is 1. The minimum atomic E-state index is -8.42. The van der Waals surface area contributed by atoms with Gasteiger partial charge in [-0.3, -0.25) is 9.80 Å². The van der Waals surface area contributed by atoms with Gasteiger partial charge in [-0.2, -0.15) is 65.9 Å². The Morgan fingerprint density at radius 1 is 0.556 bits per heavy atom. The number of carbonyl (C=O) groups excluding carboxylic acids is 1. The fourth-order valence-electron chi connectivity index (χ4n) is 2.77. The number of hydrazine groups is 1. The van der Waals surface area contributed by atoms with Gasteiger partial charge < -0.3 is 0 Å². The summed E-state index contributed by atoms with van der Waals surface area (Å²) in [7, 11) is 0. The van der Waals surface area contributed by atoms with Crippen molar-refractivity contribution in [3.8, 4) is 0 Å². The van der Waals surface area contributed by atoms with Crippen molar-refractivity contribution in [1.29, 1.82) is 0 Å². The molecule has 0 aliphatic carbocycles. The fourth-order valence-corrected chi connectivity index (χ4v) is 2.77. The van der Waals surface area contributed by atoms with Gasteiger partial charge in [0.2, 0.25) is 0 Å². The molecule has 36 heavy (non-hydrogen) atoms. The van der Waals surface area contributed by atoms with Gasteiger partial charge in [0.15, 0.2) is 0 Å². The van der Waals surface area contributed by atoms with Crippen LogP contribution in [-0.2, 0) is 4.79 Å². The Labute approximate surface area is 195 Å². The molecule has 0 aromatic heterocycles. The van der Waals surface area contributed by atoms with Crippen LogP contribution >= 0.6 is 0 Å². The Balaban J connectivity index is 6.64. The molecule has 0 aliphatic heterocycles. The van der Waals surface area contributed by atoms with E-state index in [0.717, 1.165) is 6.92 Å². The SMILES string of the molecule is CCCCN(CCCC)N(CC)C(=O)C(F)(F)C(F)(F)C(F)(F)C(F)(F)C(F)(F)C(F)(F)C(F)(F)F. The van der Waals surface area contributed by atoms with Crippen molar-refractivity contribution in [2.45, 2.75) is 88.2 Å². The molecule has 0 bridgehead atoms. The molecule has 0 aromatic rings. The van der Waals surface area contributed by atoms with Gasteiger partial charge in [0.25, 0.3) is 0 Å². The van der Waals surface area contributed by atoms with Gasteiger partial charge in [-0.05, 0) is 19.8 Å². The lowest BCUT2D eigenvalue weighted by Crippen LogP contribution is -2.74. The number of nitrogens with zero attached hydrogens (tertiary/aromatic N) is 2. The molecule has 0 aliphatic rings. The molecular formula is C18H23F15N2O. The molecule has 0 heterocycles. The number of hydrogen-bond acceptors (Lipinski definition) is 2. The molecule has 0 radical (unpaired) electrons. The molecule has 3 nitrogen and oxygen atoms in total. The largest absolute Gasteiger partial charge is 0.460 e. The second-order valence-corrected chi connectivity index (χ2v) is 7.63. The molecule has 0 fully saturated rings. The Bertz CT molecular complexity index is 728. The summed E-state index contributed by atoms with van der Waals surface area (Å²) in [5.74, 6) is -51.2. The van der Waals surface area contributed by atoms with E-state index in [0.29, 0.717) is 17.9 Å². The lowest BCUT2D eigenvalue weighted by Gasteiger charge is -2.43. The first-order valence-corrected chi connectivity index (χ1v) is 10.3. The number of unbranched alkanes of at least 4 members (excludes halogenated alkanes) is 2. The maximum absolute atomic E-state index is 14.3. The minimum Gasteiger partial charge on any atom is -0.270 e. The topological polar surface area (TPSA) is 23.6 Å². The van der Waals surface area contributed by atoms with Crippen LogP contribution in [0.2, 0.25) is 0 Å². The molecule has 0 aromatic carbocycles. The van der Waals surface area contributed by atoms with Crippen LogP contribution in [0.4, 0.5) is 65.9 Å². The van der Waals surface area contributed by atoms with Crippen molar-refractivity contribution in [2.24, 2.45) is 0 Å². The number of alkyl halides is 15. The third kappa shape index (κ3) is 5.47. The number of halogens is 15. The van der Waals surface area contributed by atoms with E-state index >= 15 is 0 Å². The van der Waals surface area contributed by atoms with Crippen molar-refractivity contribution in [1.82, 2.24) is 10.0 Å². The predicted molar refractivity (Wildman–Crippen MR) is 94.5 cm³/mol. The molecule has 0 saturated carbocycles. The van der Waals surface area contributed by atoms with Crippen LogP contribution in [0, 0.1) is 0 Å². The molecule has 216 valence electrons. The Morgan fingerprint density at radius 3 is 1.19 bits per heavy atom. The normalized spacial score (nSPS) is 15.0. The summed E-state index contributed by atoms with van der Waals surface area (Å²) in [6, 6.07) is 0. The molecule has 0 rings (SSSR count). The van der Waals surface area contributed by atoms with E-state index < -0.39 is 54.2 Å². The van der Waals surface area contributed by atoms with Crippen LogP contribution in [0.15, 0.2) is 0 Å². The molecular weight excluding hydrogens is 545 g/mol. The average molecular weight is 568 g/mol. The molecule has 0 atom stereocenters. The molecule has 0 spiro atoms. The van der Waals surface area contributed by atoms with Gasteiger partial charge in [-0.25, -0.2) is 5.01 Å². The molecule has 0 unspecified atom stereocenters. The van der Waals surface area contributed by atoms with E-state index in [1.54, 1.807) is 13.8 Å². The first-order valence-electron chi connectivity index (χ1n) is 10.3. The molecule has 18 heteroatoms. The highest BCUT2D eigenvalue weighted by molar-refractivity contribution is 5.84. The molecule has 1 amide bonds. The third-order valence-electron chi connectivity index (χ3n) is 5.01. The van der Waals surface area contributed by atoms with E-state index in [-0.39, 0.29) is 30.9 Å². The van der Waals surface area contributed by atoms with Crippen LogP contribution < -0.4 is 0 Å². The maximum Gasteiger partial charge on any atom is 0.460 e. The zero-order valence-corrected chi connectivity index (χ0v) is 18.9. The van der Waals surface area contributed by atoms with Gasteiger partial charge >= 0.3 is 47.6 Å². The molecule has 0 saturated heterocycles. The number of rotatable bonds is 14. The number of amides is 1. The highest BCUT2D eigenvalue weighted by Gasteiger charge is 2.94. The van der Waals surface area contributed by atoms with Gasteiger partial charge in [0, 0.05) is 19.6 Å². The first-order chi connectivity index (χ1) is 15.9. The maximum atomic E-state index is 14.3. The quantitative estimate of drug-likeness (QED) is 0.166. The zero-order valence-electron chi connectivity index (χ0n) is 18.9. The standard InChI is InChI=1S/C18H23F15N2O/c1-4-7-9-34(10-8-5-2)35(6-3)11(36)12(19,20)13(21,22)14(23,24)15(25,26)16(27,28)17(29,30)18(31,32)33/h4-10H2,1-3H3. The van der Waals surface area contributed by atoms with E-state index in [2.05, 4.69) is 0 Å². The summed E-state index contributed by atoms with van der Waals surface area (Å²) in [4.78, 5) is 12.2. The minimum absolute atomic E-state index is 0.127. The zero-order chi connectivity index (χ0) is 29.2. The van der Waals surface area contributed by atoms with E-state index in [1.807, 2.05) is 0 Å². The summed E-state index contributed by atoms with van der Waals surface area (Å²) in [5.41, 5.74) is 0. The summed E-state index contributed by atoms with van der Waals surface area (Å²) >= 11 is 0.